The maximum atomic E-state index is 11.0. The summed E-state index contributed by atoms with van der Waals surface area (Å²) in [7, 11) is -4.11. The lowest BCUT2D eigenvalue weighted by Gasteiger charge is -2.20. The van der Waals surface area contributed by atoms with Crippen LogP contribution in [-0.4, -0.2) is 39.2 Å². The number of carbonyl (C=O) groups excluding carboxylic acids is 1. The third-order valence-corrected chi connectivity index (χ3v) is 3.98. The van der Waals surface area contributed by atoms with Crippen molar-refractivity contribution in [3.63, 3.8) is 0 Å². The Hall–Kier alpha value is 0.130. The van der Waals surface area contributed by atoms with Crippen molar-refractivity contribution in [1.29, 1.82) is 0 Å². The van der Waals surface area contributed by atoms with E-state index in [1.54, 1.807) is 0 Å². The monoisotopic (exact) mass is 325 g/mol. The van der Waals surface area contributed by atoms with Gasteiger partial charge in [0.2, 0.25) is 0 Å². The van der Waals surface area contributed by atoms with Crippen molar-refractivity contribution >= 4 is 25.3 Å². The summed E-state index contributed by atoms with van der Waals surface area (Å²) < 4.78 is 11.0. The van der Waals surface area contributed by atoms with E-state index in [1.165, 1.54) is 37.0 Å². The molecule has 0 radical (unpaired) electrons. The summed E-state index contributed by atoms with van der Waals surface area (Å²) in [5.41, 5.74) is 0. The number of hydrogen-bond donors (Lipinski definition) is 3. The van der Waals surface area contributed by atoms with E-state index in [-0.39, 0.29) is 17.9 Å². The number of carbonyl (C=O) groups is 1. The lowest BCUT2D eigenvalue weighted by atomic mass is 10.1. The summed E-state index contributed by atoms with van der Waals surface area (Å²) >= 11 is 3.66. The van der Waals surface area contributed by atoms with Crippen LogP contribution in [0.2, 0.25) is 0 Å². The van der Waals surface area contributed by atoms with E-state index in [4.69, 9.17) is 9.79 Å². The molecule has 0 bridgehead atoms. The zero-order valence-electron chi connectivity index (χ0n) is 12.3. The second kappa shape index (κ2) is 11.8. The highest BCUT2D eigenvalue weighted by Crippen LogP contribution is 2.35. The fraction of sp³-hybridized carbons (Fsp3) is 0.923. The molecule has 0 heterocycles. The molecule has 5 nitrogen and oxygen atoms in total. The van der Waals surface area contributed by atoms with Gasteiger partial charge in [0.25, 0.3) is 0 Å². The average molecular weight is 325 g/mol. The molecule has 0 amide bonds. The first-order valence-corrected chi connectivity index (χ1v) is 9.58. The Balaban J connectivity index is 3.74. The third-order valence-electron chi connectivity index (χ3n) is 3.07. The number of unbranched alkanes of at least 4 members (excludes halogenated alkanes) is 7. The minimum Gasteiger partial charge on any atom is -0.324 e. The molecule has 0 saturated heterocycles. The predicted octanol–water partition coefficient (Wildman–Crippen LogP) is 3.02. The highest BCUT2D eigenvalue weighted by molar-refractivity contribution is 7.96. The predicted molar refractivity (Wildman–Crippen MR) is 85.1 cm³/mol. The molecular formula is C13H28NO4PS. The van der Waals surface area contributed by atoms with Gasteiger partial charge in [-0.15, -0.1) is 12.6 Å². The summed E-state index contributed by atoms with van der Waals surface area (Å²) in [6.07, 6.45) is 8.96. The molecule has 20 heavy (non-hydrogen) atoms. The molecule has 0 saturated carbocycles. The van der Waals surface area contributed by atoms with E-state index in [0.29, 0.717) is 6.54 Å². The first kappa shape index (κ1) is 20.1. The lowest BCUT2D eigenvalue weighted by molar-refractivity contribution is -0.111. The smallest absolute Gasteiger partial charge is 0.324 e. The van der Waals surface area contributed by atoms with Gasteiger partial charge in [-0.2, -0.15) is 0 Å². The van der Waals surface area contributed by atoms with Crippen molar-refractivity contribution < 1.29 is 19.1 Å². The summed E-state index contributed by atoms with van der Waals surface area (Å²) in [4.78, 5) is 30.4. The van der Waals surface area contributed by atoms with Crippen LogP contribution in [0.3, 0.4) is 0 Å². The molecule has 0 fully saturated rings. The molecule has 0 aliphatic carbocycles. The van der Waals surface area contributed by atoms with Gasteiger partial charge in [-0.1, -0.05) is 51.9 Å². The van der Waals surface area contributed by atoms with Gasteiger partial charge in [-0.25, -0.2) is 0 Å². The molecule has 0 aliphatic heterocycles. The molecule has 120 valence electrons. The van der Waals surface area contributed by atoms with E-state index in [1.807, 2.05) is 0 Å². The van der Waals surface area contributed by atoms with Crippen LogP contribution in [0.5, 0.6) is 0 Å². The van der Waals surface area contributed by atoms with Crippen molar-refractivity contribution in [1.82, 2.24) is 4.90 Å². The summed E-state index contributed by atoms with van der Waals surface area (Å²) in [5.74, 6) is 0. The van der Waals surface area contributed by atoms with Gasteiger partial charge in [-0.05, 0) is 13.0 Å². The van der Waals surface area contributed by atoms with Crippen LogP contribution in [0.15, 0.2) is 0 Å². The van der Waals surface area contributed by atoms with Crippen molar-refractivity contribution in [2.45, 2.75) is 58.3 Å². The maximum Gasteiger partial charge on any atom is 0.339 e. The van der Waals surface area contributed by atoms with Gasteiger partial charge < -0.3 is 9.79 Å². The van der Waals surface area contributed by atoms with Crippen LogP contribution in [0.25, 0.3) is 0 Å². The number of hydrogen-bond acceptors (Lipinski definition) is 3. The molecule has 7 heteroatoms. The van der Waals surface area contributed by atoms with Gasteiger partial charge in [0.1, 0.15) is 6.29 Å². The maximum absolute atomic E-state index is 11.0. The molecule has 0 rings (SSSR count). The molecule has 0 aromatic carbocycles. The van der Waals surface area contributed by atoms with Gasteiger partial charge in [0, 0.05) is 0 Å². The number of nitrogens with zero attached hydrogens (tertiary/aromatic N) is 1. The Kier molecular flexibility index (Phi) is 11.8. The molecule has 0 atom stereocenters. The molecule has 2 N–H and O–H groups in total. The van der Waals surface area contributed by atoms with Crippen LogP contribution < -0.4 is 0 Å². The first-order chi connectivity index (χ1) is 9.35. The summed E-state index contributed by atoms with van der Waals surface area (Å²) in [5, 5.41) is -0.363. The highest BCUT2D eigenvalue weighted by Gasteiger charge is 2.19. The van der Waals surface area contributed by atoms with Crippen LogP contribution in [0.1, 0.15) is 58.3 Å². The largest absolute Gasteiger partial charge is 0.339 e. The van der Waals surface area contributed by atoms with Crippen LogP contribution in [-0.2, 0) is 9.36 Å². The van der Waals surface area contributed by atoms with Crippen molar-refractivity contribution in [3.05, 3.63) is 0 Å². The molecule has 0 spiro atoms. The zero-order chi connectivity index (χ0) is 15.4. The minimum atomic E-state index is -4.11. The fourth-order valence-corrected chi connectivity index (χ4v) is 3.08. The highest BCUT2D eigenvalue weighted by atomic mass is 32.1. The normalized spacial score (nSPS) is 12.1. The standard InChI is InChI=1S/C13H28NO4PS/c1-2-3-4-5-6-7-8-9-10-14(11-13(15)20)12-19(16,17)18/h2-12H2,1H3,(H,15,20)(H2,16,17,18). The fourth-order valence-electron chi connectivity index (χ4n) is 2.12. The van der Waals surface area contributed by atoms with E-state index < -0.39 is 7.60 Å². The van der Waals surface area contributed by atoms with E-state index in [2.05, 4.69) is 19.6 Å². The van der Waals surface area contributed by atoms with E-state index in [0.717, 1.165) is 19.3 Å². The molecule has 0 aromatic heterocycles. The Morgan fingerprint density at radius 2 is 1.55 bits per heavy atom. The van der Waals surface area contributed by atoms with Gasteiger partial charge in [0.15, 0.2) is 5.12 Å². The van der Waals surface area contributed by atoms with Crippen molar-refractivity contribution in [2.75, 3.05) is 19.4 Å². The number of thiol groups is 1. The Bertz CT molecular complexity index is 309. The molecular weight excluding hydrogens is 297 g/mol. The van der Waals surface area contributed by atoms with E-state index >= 15 is 0 Å². The van der Waals surface area contributed by atoms with Gasteiger partial charge in [0.05, 0.1) is 6.54 Å². The Morgan fingerprint density at radius 1 is 1.05 bits per heavy atom. The first-order valence-electron chi connectivity index (χ1n) is 7.34. The number of rotatable bonds is 13. The molecule has 0 unspecified atom stereocenters. The quantitative estimate of drug-likeness (QED) is 0.276. The Labute approximate surface area is 127 Å². The summed E-state index contributed by atoms with van der Waals surface area (Å²) in [6.45, 7) is 2.72. The van der Waals surface area contributed by atoms with E-state index in [9.17, 15) is 9.36 Å². The third kappa shape index (κ3) is 14.5. The minimum absolute atomic E-state index is 0.00921. The average Bonchev–Trinajstić information content (AvgIpc) is 2.29. The lowest BCUT2D eigenvalue weighted by Crippen LogP contribution is -2.30. The van der Waals surface area contributed by atoms with Gasteiger partial charge >= 0.3 is 7.60 Å². The van der Waals surface area contributed by atoms with Crippen LogP contribution in [0, 0.1) is 0 Å². The van der Waals surface area contributed by atoms with Crippen molar-refractivity contribution in [2.24, 2.45) is 0 Å². The topological polar surface area (TPSA) is 77.8 Å². The molecule has 0 aromatic rings. The second-order valence-electron chi connectivity index (χ2n) is 5.23. The SMILES string of the molecule is CCCCCCCCCCN(CC(=O)S)CP(=O)(O)O. The second-order valence-corrected chi connectivity index (χ2v) is 7.34. The van der Waals surface area contributed by atoms with Crippen molar-refractivity contribution in [3.8, 4) is 0 Å². The zero-order valence-corrected chi connectivity index (χ0v) is 14.1. The van der Waals surface area contributed by atoms with Crippen LogP contribution in [0.4, 0.5) is 0 Å². The Morgan fingerprint density at radius 3 is 2.00 bits per heavy atom. The summed E-state index contributed by atoms with van der Waals surface area (Å²) in [6, 6.07) is 0. The van der Waals surface area contributed by atoms with Gasteiger partial charge in [-0.3, -0.25) is 14.3 Å². The molecule has 0 aliphatic rings. The van der Waals surface area contributed by atoms with Crippen LogP contribution >= 0.6 is 20.2 Å².